The molecule has 2 nitrogen and oxygen atoms in total. The van der Waals surface area contributed by atoms with Crippen molar-refractivity contribution in [3.05, 3.63) is 0 Å². The first-order chi connectivity index (χ1) is 5.33. The van der Waals surface area contributed by atoms with Crippen LogP contribution < -0.4 is 5.32 Å². The zero-order valence-electron chi connectivity index (χ0n) is 7.14. The van der Waals surface area contributed by atoms with Gasteiger partial charge in [0.15, 0.2) is 0 Å². The van der Waals surface area contributed by atoms with E-state index in [4.69, 9.17) is 5.26 Å². The van der Waals surface area contributed by atoms with E-state index >= 15 is 0 Å². The van der Waals surface area contributed by atoms with E-state index in [0.29, 0.717) is 0 Å². The van der Waals surface area contributed by atoms with Gasteiger partial charge in [-0.3, -0.25) is 0 Å². The maximum absolute atomic E-state index is 8.46. The van der Waals surface area contributed by atoms with Gasteiger partial charge in [-0.25, -0.2) is 0 Å². The predicted octanol–water partition coefficient (Wildman–Crippen LogP) is 1.68. The second kappa shape index (κ2) is 4.35. The van der Waals surface area contributed by atoms with E-state index in [9.17, 15) is 0 Å². The summed E-state index contributed by atoms with van der Waals surface area (Å²) in [6, 6.07) is 2.19. The van der Waals surface area contributed by atoms with Crippen LogP contribution in [0.2, 0.25) is 0 Å². The molecule has 1 aliphatic rings. The molecular weight excluding hydrogens is 136 g/mol. The molecule has 1 unspecified atom stereocenters. The van der Waals surface area contributed by atoms with Gasteiger partial charge in [-0.05, 0) is 25.8 Å². The molecule has 1 atom stereocenters. The van der Waals surface area contributed by atoms with E-state index in [0.717, 1.165) is 12.5 Å². The van der Waals surface area contributed by atoms with Crippen molar-refractivity contribution in [1.29, 1.82) is 5.26 Å². The highest BCUT2D eigenvalue weighted by Gasteiger charge is 2.16. The number of rotatable bonds is 4. The first-order valence-corrected chi connectivity index (χ1v) is 4.46. The predicted molar refractivity (Wildman–Crippen MR) is 45.0 cm³/mol. The molecule has 0 aromatic heterocycles. The van der Waals surface area contributed by atoms with Gasteiger partial charge in [0.2, 0.25) is 0 Å². The summed E-state index contributed by atoms with van der Waals surface area (Å²) in [4.78, 5) is 0. The average molecular weight is 152 g/mol. The normalized spacial score (nSPS) is 20.4. The highest BCUT2D eigenvalue weighted by Crippen LogP contribution is 2.28. The molecule has 0 amide bonds. The average Bonchev–Trinajstić information content (AvgIpc) is 1.94. The van der Waals surface area contributed by atoms with Gasteiger partial charge in [-0.2, -0.15) is 5.26 Å². The summed E-state index contributed by atoms with van der Waals surface area (Å²) in [7, 11) is 0. The Hall–Kier alpha value is -0.550. The van der Waals surface area contributed by atoms with E-state index in [1.54, 1.807) is 0 Å². The lowest BCUT2D eigenvalue weighted by Crippen LogP contribution is -2.28. The Morgan fingerprint density at radius 1 is 1.64 bits per heavy atom. The van der Waals surface area contributed by atoms with Crippen LogP contribution in [0.15, 0.2) is 0 Å². The van der Waals surface area contributed by atoms with Crippen molar-refractivity contribution in [2.75, 3.05) is 6.54 Å². The SMILES string of the molecule is CC(C#N)NCCC1CCC1. The van der Waals surface area contributed by atoms with Crippen LogP contribution in [0, 0.1) is 17.2 Å². The molecule has 2 heteroatoms. The van der Waals surface area contributed by atoms with E-state index in [1.165, 1.54) is 25.7 Å². The van der Waals surface area contributed by atoms with E-state index < -0.39 is 0 Å². The van der Waals surface area contributed by atoms with Crippen LogP contribution in [0.5, 0.6) is 0 Å². The number of nitrogens with zero attached hydrogens (tertiary/aromatic N) is 1. The number of hydrogen-bond donors (Lipinski definition) is 1. The molecule has 0 aliphatic heterocycles. The minimum Gasteiger partial charge on any atom is -0.302 e. The van der Waals surface area contributed by atoms with Crippen LogP contribution in [-0.4, -0.2) is 12.6 Å². The molecule has 1 fully saturated rings. The summed E-state index contributed by atoms with van der Waals surface area (Å²) in [5, 5.41) is 11.6. The summed E-state index contributed by atoms with van der Waals surface area (Å²) in [6.07, 6.45) is 5.48. The quantitative estimate of drug-likeness (QED) is 0.665. The van der Waals surface area contributed by atoms with Crippen LogP contribution in [0.4, 0.5) is 0 Å². The lowest BCUT2D eigenvalue weighted by molar-refractivity contribution is 0.291. The Morgan fingerprint density at radius 3 is 2.82 bits per heavy atom. The molecule has 0 bridgehead atoms. The number of hydrogen-bond acceptors (Lipinski definition) is 2. The van der Waals surface area contributed by atoms with Gasteiger partial charge in [0, 0.05) is 0 Å². The molecule has 0 heterocycles. The molecule has 0 aromatic rings. The van der Waals surface area contributed by atoms with E-state index in [2.05, 4.69) is 11.4 Å². The smallest absolute Gasteiger partial charge is 0.0924 e. The molecule has 1 aliphatic carbocycles. The van der Waals surface area contributed by atoms with Crippen LogP contribution in [0.25, 0.3) is 0 Å². The van der Waals surface area contributed by atoms with Gasteiger partial charge in [0.1, 0.15) is 0 Å². The van der Waals surface area contributed by atoms with Gasteiger partial charge in [-0.1, -0.05) is 19.3 Å². The second-order valence-corrected chi connectivity index (χ2v) is 3.39. The molecule has 0 saturated heterocycles. The minimum atomic E-state index is 0.0232. The van der Waals surface area contributed by atoms with Crippen molar-refractivity contribution >= 4 is 0 Å². The van der Waals surface area contributed by atoms with Gasteiger partial charge in [-0.15, -0.1) is 0 Å². The molecule has 1 N–H and O–H groups in total. The Balaban J connectivity index is 1.91. The zero-order chi connectivity index (χ0) is 8.10. The topological polar surface area (TPSA) is 35.8 Å². The summed E-state index contributed by atoms with van der Waals surface area (Å²) in [5.74, 6) is 0.952. The van der Waals surface area contributed by atoms with E-state index in [-0.39, 0.29) is 6.04 Å². The van der Waals surface area contributed by atoms with Crippen LogP contribution in [0.1, 0.15) is 32.6 Å². The summed E-state index contributed by atoms with van der Waals surface area (Å²) >= 11 is 0. The first kappa shape index (κ1) is 8.55. The number of nitriles is 1. The molecule has 0 spiro atoms. The molecule has 0 radical (unpaired) electrons. The maximum Gasteiger partial charge on any atom is 0.0924 e. The zero-order valence-corrected chi connectivity index (χ0v) is 7.14. The largest absolute Gasteiger partial charge is 0.302 e. The Morgan fingerprint density at radius 2 is 2.36 bits per heavy atom. The first-order valence-electron chi connectivity index (χ1n) is 4.46. The number of nitrogens with one attached hydrogen (secondary N) is 1. The lowest BCUT2D eigenvalue weighted by Gasteiger charge is -2.25. The van der Waals surface area contributed by atoms with Crippen LogP contribution >= 0.6 is 0 Å². The van der Waals surface area contributed by atoms with Gasteiger partial charge in [0.25, 0.3) is 0 Å². The standard InChI is InChI=1S/C9H16N2/c1-8(7-10)11-6-5-9-3-2-4-9/h8-9,11H,2-6H2,1H3. The lowest BCUT2D eigenvalue weighted by atomic mass is 9.83. The molecule has 11 heavy (non-hydrogen) atoms. The fourth-order valence-electron chi connectivity index (χ4n) is 1.33. The van der Waals surface area contributed by atoms with Gasteiger partial charge >= 0.3 is 0 Å². The fraction of sp³-hybridized carbons (Fsp3) is 0.889. The maximum atomic E-state index is 8.46. The minimum absolute atomic E-state index is 0.0232. The molecule has 1 saturated carbocycles. The molecule has 1 rings (SSSR count). The second-order valence-electron chi connectivity index (χ2n) is 3.39. The highest BCUT2D eigenvalue weighted by molar-refractivity contribution is 4.85. The molecule has 0 aromatic carbocycles. The molecule has 62 valence electrons. The highest BCUT2D eigenvalue weighted by atomic mass is 14.9. The van der Waals surface area contributed by atoms with Crippen molar-refractivity contribution in [3.8, 4) is 6.07 Å². The van der Waals surface area contributed by atoms with E-state index in [1.807, 2.05) is 6.92 Å². The van der Waals surface area contributed by atoms with Crippen LogP contribution in [-0.2, 0) is 0 Å². The Bertz CT molecular complexity index is 144. The van der Waals surface area contributed by atoms with Crippen molar-refractivity contribution in [2.24, 2.45) is 5.92 Å². The molecular formula is C9H16N2. The third-order valence-corrected chi connectivity index (χ3v) is 2.42. The van der Waals surface area contributed by atoms with Crippen molar-refractivity contribution < 1.29 is 0 Å². The summed E-state index contributed by atoms with van der Waals surface area (Å²) in [5.41, 5.74) is 0. The van der Waals surface area contributed by atoms with Crippen molar-refractivity contribution in [2.45, 2.75) is 38.6 Å². The third-order valence-electron chi connectivity index (χ3n) is 2.42. The van der Waals surface area contributed by atoms with Gasteiger partial charge < -0.3 is 5.32 Å². The Labute approximate surface area is 68.6 Å². The van der Waals surface area contributed by atoms with Gasteiger partial charge in [0.05, 0.1) is 12.1 Å². The summed E-state index contributed by atoms with van der Waals surface area (Å²) < 4.78 is 0. The monoisotopic (exact) mass is 152 g/mol. The summed E-state index contributed by atoms with van der Waals surface area (Å²) in [6.45, 7) is 2.92. The van der Waals surface area contributed by atoms with Crippen LogP contribution in [0.3, 0.4) is 0 Å². The van der Waals surface area contributed by atoms with Crippen molar-refractivity contribution in [3.63, 3.8) is 0 Å². The third kappa shape index (κ3) is 2.90. The Kier molecular flexibility index (Phi) is 3.38. The fourth-order valence-corrected chi connectivity index (χ4v) is 1.33. The van der Waals surface area contributed by atoms with Crippen molar-refractivity contribution in [1.82, 2.24) is 5.32 Å².